The quantitative estimate of drug-likeness (QED) is 0.908. The highest BCUT2D eigenvalue weighted by Gasteiger charge is 2.29. The highest BCUT2D eigenvalue weighted by molar-refractivity contribution is 5.83. The third kappa shape index (κ3) is 4.12. The average molecular weight is 316 g/mol. The average Bonchev–Trinajstić information content (AvgIpc) is 3.12. The van der Waals surface area contributed by atoms with Crippen LogP contribution in [0.2, 0.25) is 0 Å². The SMILES string of the molecule is CCC(C(=O)NC1CCN(C2CCOC2)CC1)c1ccccc1. The molecule has 0 saturated carbocycles. The molecule has 2 saturated heterocycles. The van der Waals surface area contributed by atoms with E-state index in [1.165, 1.54) is 0 Å². The zero-order valence-corrected chi connectivity index (χ0v) is 14.0. The van der Waals surface area contributed by atoms with Gasteiger partial charge in [0.25, 0.3) is 0 Å². The molecule has 0 bridgehead atoms. The third-order valence-electron chi connectivity index (χ3n) is 5.22. The van der Waals surface area contributed by atoms with Gasteiger partial charge in [-0.2, -0.15) is 0 Å². The standard InChI is InChI=1S/C19H28N2O2/c1-2-18(15-6-4-3-5-7-15)19(22)20-16-8-11-21(12-9-16)17-10-13-23-14-17/h3-7,16-18H,2,8-14H2,1H3,(H,20,22). The summed E-state index contributed by atoms with van der Waals surface area (Å²) in [6.45, 7) is 6.00. The van der Waals surface area contributed by atoms with Gasteiger partial charge in [0.05, 0.1) is 12.5 Å². The molecular formula is C19H28N2O2. The summed E-state index contributed by atoms with van der Waals surface area (Å²) in [5.74, 6) is 0.152. The Labute approximate surface area is 139 Å². The minimum absolute atomic E-state index is 0.0301. The predicted molar refractivity (Wildman–Crippen MR) is 91.4 cm³/mol. The smallest absolute Gasteiger partial charge is 0.227 e. The molecule has 3 rings (SSSR count). The summed E-state index contributed by atoms with van der Waals surface area (Å²) in [6, 6.07) is 11.0. The van der Waals surface area contributed by atoms with E-state index >= 15 is 0 Å². The minimum Gasteiger partial charge on any atom is -0.380 e. The van der Waals surface area contributed by atoms with Gasteiger partial charge in [0.15, 0.2) is 0 Å². The summed E-state index contributed by atoms with van der Waals surface area (Å²) in [5, 5.41) is 3.28. The maximum absolute atomic E-state index is 12.6. The maximum atomic E-state index is 12.6. The van der Waals surface area contributed by atoms with Crippen LogP contribution in [0.3, 0.4) is 0 Å². The lowest BCUT2D eigenvalue weighted by molar-refractivity contribution is -0.123. The molecule has 2 heterocycles. The largest absolute Gasteiger partial charge is 0.380 e. The summed E-state index contributed by atoms with van der Waals surface area (Å²) in [7, 11) is 0. The Morgan fingerprint density at radius 3 is 2.61 bits per heavy atom. The lowest BCUT2D eigenvalue weighted by Gasteiger charge is -2.36. The van der Waals surface area contributed by atoms with E-state index in [1.54, 1.807) is 0 Å². The molecule has 1 aromatic rings. The molecule has 2 atom stereocenters. The summed E-state index contributed by atoms with van der Waals surface area (Å²) in [6.07, 6.45) is 4.10. The van der Waals surface area contributed by atoms with E-state index in [0.29, 0.717) is 12.1 Å². The highest BCUT2D eigenvalue weighted by atomic mass is 16.5. The van der Waals surface area contributed by atoms with Gasteiger partial charge in [-0.15, -0.1) is 0 Å². The minimum atomic E-state index is -0.0301. The van der Waals surface area contributed by atoms with Crippen molar-refractivity contribution >= 4 is 5.91 Å². The van der Waals surface area contributed by atoms with Crippen LogP contribution in [0, 0.1) is 0 Å². The van der Waals surface area contributed by atoms with Crippen molar-refractivity contribution < 1.29 is 9.53 Å². The molecular weight excluding hydrogens is 288 g/mol. The summed E-state index contributed by atoms with van der Waals surface area (Å²) in [4.78, 5) is 15.2. The second-order valence-corrected chi connectivity index (χ2v) is 6.71. The van der Waals surface area contributed by atoms with Crippen molar-refractivity contribution in [3.05, 3.63) is 35.9 Å². The van der Waals surface area contributed by atoms with Crippen LogP contribution in [-0.4, -0.2) is 49.2 Å². The molecule has 1 amide bonds. The van der Waals surface area contributed by atoms with E-state index in [0.717, 1.165) is 57.6 Å². The Morgan fingerprint density at radius 1 is 1.26 bits per heavy atom. The van der Waals surface area contributed by atoms with Gasteiger partial charge < -0.3 is 10.1 Å². The molecule has 0 spiro atoms. The molecule has 126 valence electrons. The number of likely N-dealkylation sites (tertiary alicyclic amines) is 1. The normalized spacial score (nSPS) is 24.5. The zero-order valence-electron chi connectivity index (χ0n) is 14.0. The number of carbonyl (C=O) groups excluding carboxylic acids is 1. The molecule has 2 unspecified atom stereocenters. The van der Waals surface area contributed by atoms with Crippen LogP contribution in [-0.2, 0) is 9.53 Å². The van der Waals surface area contributed by atoms with E-state index in [4.69, 9.17) is 4.74 Å². The number of benzene rings is 1. The monoisotopic (exact) mass is 316 g/mol. The lowest BCUT2D eigenvalue weighted by atomic mass is 9.94. The van der Waals surface area contributed by atoms with Crippen LogP contribution < -0.4 is 5.32 Å². The van der Waals surface area contributed by atoms with Gasteiger partial charge >= 0.3 is 0 Å². The molecule has 4 heteroatoms. The van der Waals surface area contributed by atoms with Crippen LogP contribution in [0.5, 0.6) is 0 Å². The number of piperidine rings is 1. The van der Waals surface area contributed by atoms with Gasteiger partial charge in [0.2, 0.25) is 5.91 Å². The third-order valence-corrected chi connectivity index (χ3v) is 5.22. The molecule has 0 aliphatic carbocycles. The second kappa shape index (κ2) is 7.93. The summed E-state index contributed by atoms with van der Waals surface area (Å²) < 4.78 is 5.49. The number of hydrogen-bond donors (Lipinski definition) is 1. The van der Waals surface area contributed by atoms with Crippen molar-refractivity contribution in [1.82, 2.24) is 10.2 Å². The predicted octanol–water partition coefficient (Wildman–Crippen LogP) is 2.55. The first-order valence-corrected chi connectivity index (χ1v) is 8.95. The van der Waals surface area contributed by atoms with Gasteiger partial charge in [0, 0.05) is 31.8 Å². The highest BCUT2D eigenvalue weighted by Crippen LogP contribution is 2.22. The molecule has 1 N–H and O–H groups in total. The number of ether oxygens (including phenoxy) is 1. The fourth-order valence-corrected chi connectivity index (χ4v) is 3.78. The van der Waals surface area contributed by atoms with Gasteiger partial charge in [-0.05, 0) is 31.2 Å². The number of nitrogens with one attached hydrogen (secondary N) is 1. The van der Waals surface area contributed by atoms with Gasteiger partial charge in [0.1, 0.15) is 0 Å². The Kier molecular flexibility index (Phi) is 5.68. The molecule has 0 radical (unpaired) electrons. The summed E-state index contributed by atoms with van der Waals surface area (Å²) in [5.41, 5.74) is 1.12. The van der Waals surface area contributed by atoms with Crippen molar-refractivity contribution in [2.24, 2.45) is 0 Å². The van der Waals surface area contributed by atoms with Crippen molar-refractivity contribution in [3.8, 4) is 0 Å². The fourth-order valence-electron chi connectivity index (χ4n) is 3.78. The molecule has 2 aliphatic rings. The molecule has 1 aromatic carbocycles. The fraction of sp³-hybridized carbons (Fsp3) is 0.632. The molecule has 23 heavy (non-hydrogen) atoms. The second-order valence-electron chi connectivity index (χ2n) is 6.71. The number of rotatable bonds is 5. The van der Waals surface area contributed by atoms with Crippen molar-refractivity contribution in [1.29, 1.82) is 0 Å². The van der Waals surface area contributed by atoms with Gasteiger partial charge in [-0.3, -0.25) is 9.69 Å². The van der Waals surface area contributed by atoms with Crippen LogP contribution >= 0.6 is 0 Å². The number of nitrogens with zero attached hydrogens (tertiary/aromatic N) is 1. The van der Waals surface area contributed by atoms with Crippen LogP contribution in [0.15, 0.2) is 30.3 Å². The Balaban J connectivity index is 1.50. The number of hydrogen-bond acceptors (Lipinski definition) is 3. The first-order chi connectivity index (χ1) is 11.3. The lowest BCUT2D eigenvalue weighted by Crippen LogP contribution is -2.49. The van der Waals surface area contributed by atoms with E-state index in [2.05, 4.69) is 29.3 Å². The van der Waals surface area contributed by atoms with Crippen molar-refractivity contribution in [2.75, 3.05) is 26.3 Å². The van der Waals surface area contributed by atoms with Crippen LogP contribution in [0.1, 0.15) is 44.1 Å². The first kappa shape index (κ1) is 16.5. The first-order valence-electron chi connectivity index (χ1n) is 8.95. The van der Waals surface area contributed by atoms with E-state index in [9.17, 15) is 4.79 Å². The molecule has 2 aliphatic heterocycles. The molecule has 4 nitrogen and oxygen atoms in total. The van der Waals surface area contributed by atoms with Gasteiger partial charge in [-0.25, -0.2) is 0 Å². The van der Waals surface area contributed by atoms with E-state index < -0.39 is 0 Å². The van der Waals surface area contributed by atoms with Crippen molar-refractivity contribution in [2.45, 2.75) is 50.6 Å². The molecule has 2 fully saturated rings. The van der Waals surface area contributed by atoms with E-state index in [-0.39, 0.29) is 11.8 Å². The number of carbonyl (C=O) groups is 1. The Hall–Kier alpha value is -1.39. The zero-order chi connectivity index (χ0) is 16.1. The van der Waals surface area contributed by atoms with E-state index in [1.807, 2.05) is 18.2 Å². The Bertz CT molecular complexity index is 491. The maximum Gasteiger partial charge on any atom is 0.227 e. The van der Waals surface area contributed by atoms with Crippen molar-refractivity contribution in [3.63, 3.8) is 0 Å². The van der Waals surface area contributed by atoms with Crippen LogP contribution in [0.4, 0.5) is 0 Å². The molecule has 0 aromatic heterocycles. The topological polar surface area (TPSA) is 41.6 Å². The summed E-state index contributed by atoms with van der Waals surface area (Å²) >= 11 is 0. The van der Waals surface area contributed by atoms with Crippen LogP contribution in [0.25, 0.3) is 0 Å². The Morgan fingerprint density at radius 2 is 2.00 bits per heavy atom. The number of amides is 1. The van der Waals surface area contributed by atoms with Gasteiger partial charge in [-0.1, -0.05) is 37.3 Å².